The van der Waals surface area contributed by atoms with Gasteiger partial charge in [0.2, 0.25) is 0 Å². The molecule has 0 radical (unpaired) electrons. The Bertz CT molecular complexity index is 631. The van der Waals surface area contributed by atoms with E-state index >= 15 is 0 Å². The third-order valence-corrected chi connectivity index (χ3v) is 4.14. The van der Waals surface area contributed by atoms with Crippen LogP contribution in [0.25, 0.3) is 0 Å². The maximum Gasteiger partial charge on any atom is 0.180 e. The number of benzene rings is 2. The Morgan fingerprint density at radius 1 is 1.04 bits per heavy atom. The Kier molecular flexibility index (Phi) is 7.41. The van der Waals surface area contributed by atoms with E-state index in [1.54, 1.807) is 0 Å². The highest BCUT2D eigenvalue weighted by Gasteiger charge is 2.13. The minimum atomic E-state index is 0.463. The molecule has 0 aliphatic carbocycles. The van der Waals surface area contributed by atoms with Gasteiger partial charge in [-0.2, -0.15) is 0 Å². The number of nitrogens with one attached hydrogen (secondary N) is 1. The van der Waals surface area contributed by atoms with Gasteiger partial charge in [0.15, 0.2) is 11.5 Å². The van der Waals surface area contributed by atoms with E-state index in [0.29, 0.717) is 35.8 Å². The van der Waals surface area contributed by atoms with Crippen LogP contribution in [0, 0.1) is 0 Å². The maximum absolute atomic E-state index is 6.45. The minimum absolute atomic E-state index is 0.463. The van der Waals surface area contributed by atoms with Crippen LogP contribution in [0.1, 0.15) is 38.3 Å². The lowest BCUT2D eigenvalue weighted by Crippen LogP contribution is -2.24. The molecule has 0 heterocycles. The average molecular weight is 348 g/mol. The van der Waals surface area contributed by atoms with Crippen molar-refractivity contribution in [3.63, 3.8) is 0 Å². The lowest BCUT2D eigenvalue weighted by atomic mass is 10.1. The lowest BCUT2D eigenvalue weighted by Gasteiger charge is -2.17. The van der Waals surface area contributed by atoms with Crippen LogP contribution in [0.5, 0.6) is 11.5 Å². The van der Waals surface area contributed by atoms with E-state index in [1.807, 2.05) is 49.4 Å². The molecule has 2 aromatic carbocycles. The van der Waals surface area contributed by atoms with Crippen LogP contribution in [-0.4, -0.2) is 12.6 Å². The van der Waals surface area contributed by atoms with Crippen molar-refractivity contribution in [3.05, 3.63) is 58.6 Å². The van der Waals surface area contributed by atoms with Crippen molar-refractivity contribution in [2.45, 2.75) is 46.4 Å². The molecule has 0 amide bonds. The molecule has 1 atom stereocenters. The van der Waals surface area contributed by atoms with Crippen LogP contribution in [0.2, 0.25) is 5.02 Å². The van der Waals surface area contributed by atoms with Crippen molar-refractivity contribution < 1.29 is 9.47 Å². The van der Waals surface area contributed by atoms with Crippen molar-refractivity contribution in [1.29, 1.82) is 0 Å². The van der Waals surface area contributed by atoms with Crippen molar-refractivity contribution in [2.24, 2.45) is 0 Å². The monoisotopic (exact) mass is 347 g/mol. The summed E-state index contributed by atoms with van der Waals surface area (Å²) in [5.74, 6) is 1.30. The second-order valence-corrected chi connectivity index (χ2v) is 6.21. The highest BCUT2D eigenvalue weighted by atomic mass is 35.5. The first kappa shape index (κ1) is 18.6. The second-order valence-electron chi connectivity index (χ2n) is 5.80. The number of hydrogen-bond donors (Lipinski definition) is 1. The van der Waals surface area contributed by atoms with Crippen molar-refractivity contribution in [2.75, 3.05) is 6.61 Å². The van der Waals surface area contributed by atoms with E-state index in [4.69, 9.17) is 21.1 Å². The molecule has 0 saturated carbocycles. The number of ether oxygens (including phenoxy) is 2. The van der Waals surface area contributed by atoms with E-state index in [0.717, 1.165) is 24.1 Å². The van der Waals surface area contributed by atoms with Gasteiger partial charge in [-0.15, -0.1) is 0 Å². The second kappa shape index (κ2) is 9.55. The Labute approximate surface area is 149 Å². The molecule has 0 aromatic heterocycles. The van der Waals surface area contributed by atoms with E-state index in [-0.39, 0.29) is 0 Å². The Balaban J connectivity index is 2.14. The van der Waals surface area contributed by atoms with E-state index in [1.165, 1.54) is 0 Å². The predicted octanol–water partition coefficient (Wildman–Crippen LogP) is 5.21. The van der Waals surface area contributed by atoms with Crippen LogP contribution in [0.4, 0.5) is 0 Å². The Morgan fingerprint density at radius 3 is 2.46 bits per heavy atom. The molecular formula is C20H26ClNO2. The molecule has 1 N–H and O–H groups in total. The molecule has 24 heavy (non-hydrogen) atoms. The summed E-state index contributed by atoms with van der Waals surface area (Å²) in [4.78, 5) is 0. The maximum atomic E-state index is 6.45. The van der Waals surface area contributed by atoms with Crippen molar-refractivity contribution in [1.82, 2.24) is 5.32 Å². The summed E-state index contributed by atoms with van der Waals surface area (Å²) in [6, 6.07) is 14.4. The summed E-state index contributed by atoms with van der Waals surface area (Å²) in [6.45, 7) is 8.08. The van der Waals surface area contributed by atoms with Gasteiger partial charge in [0.05, 0.1) is 11.6 Å². The van der Waals surface area contributed by atoms with Gasteiger partial charge in [0.25, 0.3) is 0 Å². The highest BCUT2D eigenvalue weighted by molar-refractivity contribution is 6.32. The van der Waals surface area contributed by atoms with Gasteiger partial charge in [-0.05, 0) is 43.5 Å². The first-order chi connectivity index (χ1) is 11.6. The van der Waals surface area contributed by atoms with Crippen LogP contribution < -0.4 is 14.8 Å². The molecule has 130 valence electrons. The van der Waals surface area contributed by atoms with E-state index < -0.39 is 0 Å². The zero-order valence-electron chi connectivity index (χ0n) is 14.6. The van der Waals surface area contributed by atoms with Gasteiger partial charge in [0.1, 0.15) is 6.61 Å². The zero-order valence-corrected chi connectivity index (χ0v) is 15.4. The van der Waals surface area contributed by atoms with Crippen LogP contribution >= 0.6 is 11.6 Å². The molecule has 0 bridgehead atoms. The number of halogens is 1. The van der Waals surface area contributed by atoms with Crippen molar-refractivity contribution >= 4 is 11.6 Å². The first-order valence-corrected chi connectivity index (χ1v) is 8.87. The molecule has 0 fully saturated rings. The molecule has 2 aromatic rings. The third kappa shape index (κ3) is 5.43. The molecular weight excluding hydrogens is 322 g/mol. The fourth-order valence-corrected chi connectivity index (χ4v) is 2.58. The first-order valence-electron chi connectivity index (χ1n) is 8.49. The fraction of sp³-hybridized carbons (Fsp3) is 0.400. The normalized spacial score (nSPS) is 12.0. The van der Waals surface area contributed by atoms with E-state index in [2.05, 4.69) is 19.2 Å². The van der Waals surface area contributed by atoms with E-state index in [9.17, 15) is 0 Å². The Hall–Kier alpha value is -1.71. The predicted molar refractivity (Wildman–Crippen MR) is 100.0 cm³/mol. The minimum Gasteiger partial charge on any atom is -0.490 e. The van der Waals surface area contributed by atoms with Gasteiger partial charge in [-0.25, -0.2) is 0 Å². The Morgan fingerprint density at radius 2 is 1.79 bits per heavy atom. The van der Waals surface area contributed by atoms with Crippen LogP contribution in [-0.2, 0) is 13.2 Å². The summed E-state index contributed by atoms with van der Waals surface area (Å²) in [5, 5.41) is 4.05. The molecule has 0 aliphatic rings. The lowest BCUT2D eigenvalue weighted by molar-refractivity contribution is 0.269. The summed E-state index contributed by atoms with van der Waals surface area (Å²) in [5.41, 5.74) is 2.19. The SMILES string of the molecule is CCOc1cc(CN[C@@H](C)CC)cc(Cl)c1OCc1ccccc1. The molecule has 4 heteroatoms. The summed E-state index contributed by atoms with van der Waals surface area (Å²) < 4.78 is 11.7. The van der Waals surface area contributed by atoms with Crippen molar-refractivity contribution in [3.8, 4) is 11.5 Å². The molecule has 0 saturated heterocycles. The molecule has 2 rings (SSSR count). The number of rotatable bonds is 9. The zero-order chi connectivity index (χ0) is 17.4. The molecule has 0 unspecified atom stereocenters. The van der Waals surface area contributed by atoms with Gasteiger partial charge in [-0.1, -0.05) is 48.9 Å². The van der Waals surface area contributed by atoms with Crippen LogP contribution in [0.3, 0.4) is 0 Å². The van der Waals surface area contributed by atoms with Crippen LogP contribution in [0.15, 0.2) is 42.5 Å². The third-order valence-electron chi connectivity index (χ3n) is 3.86. The summed E-state index contributed by atoms with van der Waals surface area (Å²) in [6.07, 6.45) is 1.09. The molecule has 0 aliphatic heterocycles. The summed E-state index contributed by atoms with van der Waals surface area (Å²) >= 11 is 6.45. The quantitative estimate of drug-likeness (QED) is 0.675. The fourth-order valence-electron chi connectivity index (χ4n) is 2.29. The van der Waals surface area contributed by atoms with Gasteiger partial charge in [0, 0.05) is 12.6 Å². The largest absolute Gasteiger partial charge is 0.490 e. The smallest absolute Gasteiger partial charge is 0.180 e. The van der Waals surface area contributed by atoms with Gasteiger partial charge in [-0.3, -0.25) is 0 Å². The van der Waals surface area contributed by atoms with Gasteiger partial charge < -0.3 is 14.8 Å². The highest BCUT2D eigenvalue weighted by Crippen LogP contribution is 2.37. The average Bonchev–Trinajstić information content (AvgIpc) is 2.60. The summed E-state index contributed by atoms with van der Waals surface area (Å²) in [7, 11) is 0. The number of hydrogen-bond acceptors (Lipinski definition) is 3. The topological polar surface area (TPSA) is 30.5 Å². The standard InChI is InChI=1S/C20H26ClNO2/c1-4-15(3)22-13-17-11-18(21)20(19(12-17)23-5-2)24-14-16-9-7-6-8-10-16/h6-12,15,22H,4-5,13-14H2,1-3H3/t15-/m0/s1. The van der Waals surface area contributed by atoms with Gasteiger partial charge >= 0.3 is 0 Å². The molecule has 0 spiro atoms. The molecule has 3 nitrogen and oxygen atoms in total.